The van der Waals surface area contributed by atoms with Crippen LogP contribution < -0.4 is 15.7 Å². The lowest BCUT2D eigenvalue weighted by Gasteiger charge is -2.01. The summed E-state index contributed by atoms with van der Waals surface area (Å²) in [6.45, 7) is 3.84. The van der Waals surface area contributed by atoms with Crippen LogP contribution in [-0.4, -0.2) is 29.2 Å². The third kappa shape index (κ3) is 3.80. The minimum absolute atomic E-state index is 0.0589. The van der Waals surface area contributed by atoms with Crippen molar-refractivity contribution in [2.24, 2.45) is 5.10 Å². The smallest absolute Gasteiger partial charge is 0.259 e. The Morgan fingerprint density at radius 3 is 3.00 bits per heavy atom. The van der Waals surface area contributed by atoms with Crippen molar-refractivity contribution >= 4 is 33.7 Å². The number of nitrogens with one attached hydrogen (secondary N) is 2. The maximum absolute atomic E-state index is 12.2. The van der Waals surface area contributed by atoms with Crippen LogP contribution in [0.5, 0.6) is 5.75 Å². The number of fused-ring (bicyclic) bond motifs is 1. The molecule has 8 heteroatoms. The van der Waals surface area contributed by atoms with E-state index < -0.39 is 0 Å². The Morgan fingerprint density at radius 2 is 2.23 bits per heavy atom. The molecule has 26 heavy (non-hydrogen) atoms. The van der Waals surface area contributed by atoms with Crippen LogP contribution in [0.2, 0.25) is 0 Å². The van der Waals surface area contributed by atoms with Crippen molar-refractivity contribution in [2.45, 2.75) is 20.3 Å². The molecule has 0 spiro atoms. The predicted octanol–water partition coefficient (Wildman–Crippen LogP) is 2.30. The van der Waals surface area contributed by atoms with Crippen molar-refractivity contribution in [3.63, 3.8) is 0 Å². The highest BCUT2D eigenvalue weighted by Gasteiger charge is 2.13. The molecule has 1 amide bonds. The van der Waals surface area contributed by atoms with E-state index in [4.69, 9.17) is 4.74 Å². The zero-order valence-electron chi connectivity index (χ0n) is 14.6. The lowest BCUT2D eigenvalue weighted by Crippen LogP contribution is -2.23. The van der Waals surface area contributed by atoms with Crippen LogP contribution in [0.25, 0.3) is 10.2 Å². The number of aromatic nitrogens is 2. The topological polar surface area (TPSA) is 96.4 Å². The number of benzene rings is 1. The molecule has 1 aromatic carbocycles. The Labute approximate surface area is 153 Å². The normalized spacial score (nSPS) is 11.2. The second-order valence-corrected chi connectivity index (χ2v) is 6.93. The molecule has 3 aromatic rings. The fourth-order valence-electron chi connectivity index (χ4n) is 2.48. The fraction of sp³-hybridized carbons (Fsp3) is 0.222. The Bertz CT molecular complexity index is 1050. The first-order valence-corrected chi connectivity index (χ1v) is 8.74. The Hall–Kier alpha value is -3.00. The first-order valence-electron chi connectivity index (χ1n) is 7.93. The van der Waals surface area contributed by atoms with Gasteiger partial charge in [-0.2, -0.15) is 5.10 Å². The summed E-state index contributed by atoms with van der Waals surface area (Å²) < 4.78 is 5.13. The van der Waals surface area contributed by atoms with E-state index in [1.54, 1.807) is 13.2 Å². The molecule has 0 bridgehead atoms. The van der Waals surface area contributed by atoms with Gasteiger partial charge < -0.3 is 9.72 Å². The SMILES string of the molecule is COc1cccc(/C=N\NC(=O)Cc2nc3sc(C)c(C)c3c(=O)[nH]2)c1. The molecule has 0 aliphatic heterocycles. The molecule has 0 saturated heterocycles. The number of carbonyl (C=O) groups is 1. The molecule has 0 radical (unpaired) electrons. The highest BCUT2D eigenvalue weighted by atomic mass is 32.1. The van der Waals surface area contributed by atoms with E-state index in [0.717, 1.165) is 16.0 Å². The number of amides is 1. The van der Waals surface area contributed by atoms with Crippen LogP contribution in [0.4, 0.5) is 0 Å². The molecule has 0 aliphatic carbocycles. The first-order chi connectivity index (χ1) is 12.5. The Morgan fingerprint density at radius 1 is 1.42 bits per heavy atom. The zero-order valence-corrected chi connectivity index (χ0v) is 15.4. The van der Waals surface area contributed by atoms with E-state index in [1.165, 1.54) is 17.6 Å². The number of methoxy groups -OCH3 is 1. The number of rotatable bonds is 5. The highest BCUT2D eigenvalue weighted by Crippen LogP contribution is 2.25. The average Bonchev–Trinajstić information content (AvgIpc) is 2.89. The number of aromatic amines is 1. The van der Waals surface area contributed by atoms with Gasteiger partial charge in [-0.05, 0) is 37.1 Å². The molecule has 2 N–H and O–H groups in total. The summed E-state index contributed by atoms with van der Waals surface area (Å²) in [7, 11) is 1.58. The van der Waals surface area contributed by atoms with E-state index >= 15 is 0 Å². The van der Waals surface area contributed by atoms with Gasteiger partial charge in [0.05, 0.1) is 25.1 Å². The largest absolute Gasteiger partial charge is 0.497 e. The van der Waals surface area contributed by atoms with Gasteiger partial charge in [0.15, 0.2) is 0 Å². The summed E-state index contributed by atoms with van der Waals surface area (Å²) in [5.74, 6) is 0.659. The Kier molecular flexibility index (Phi) is 5.13. The van der Waals surface area contributed by atoms with Gasteiger partial charge in [0.2, 0.25) is 5.91 Å². The third-order valence-electron chi connectivity index (χ3n) is 3.91. The number of hydrogen-bond donors (Lipinski definition) is 2. The predicted molar refractivity (Wildman–Crippen MR) is 102 cm³/mol. The number of ether oxygens (including phenoxy) is 1. The van der Waals surface area contributed by atoms with Crippen molar-refractivity contribution in [1.82, 2.24) is 15.4 Å². The summed E-state index contributed by atoms with van der Waals surface area (Å²) in [5.41, 5.74) is 3.93. The maximum Gasteiger partial charge on any atom is 0.259 e. The lowest BCUT2D eigenvalue weighted by molar-refractivity contribution is -0.120. The zero-order chi connectivity index (χ0) is 18.7. The van der Waals surface area contributed by atoms with E-state index in [-0.39, 0.29) is 17.9 Å². The molecular formula is C18H18N4O3S. The van der Waals surface area contributed by atoms with E-state index in [1.807, 2.05) is 32.0 Å². The van der Waals surface area contributed by atoms with Crippen LogP contribution in [0.1, 0.15) is 21.8 Å². The van der Waals surface area contributed by atoms with E-state index in [2.05, 4.69) is 20.5 Å². The molecule has 2 heterocycles. The molecule has 0 unspecified atom stereocenters. The molecule has 2 aromatic heterocycles. The maximum atomic E-state index is 12.2. The molecule has 0 aliphatic rings. The summed E-state index contributed by atoms with van der Waals surface area (Å²) in [5, 5.41) is 4.51. The number of hydrazone groups is 1. The fourth-order valence-corrected chi connectivity index (χ4v) is 3.52. The number of thiophene rings is 1. The molecule has 0 atom stereocenters. The molecule has 0 fully saturated rings. The van der Waals surface area contributed by atoms with Gasteiger partial charge in [-0.25, -0.2) is 10.4 Å². The third-order valence-corrected chi connectivity index (χ3v) is 5.01. The van der Waals surface area contributed by atoms with Crippen LogP contribution in [-0.2, 0) is 11.2 Å². The number of carbonyl (C=O) groups excluding carboxylic acids is 1. The average molecular weight is 370 g/mol. The number of hydrogen-bond acceptors (Lipinski definition) is 6. The van der Waals surface area contributed by atoms with Crippen LogP contribution in [0, 0.1) is 13.8 Å². The van der Waals surface area contributed by atoms with Gasteiger partial charge >= 0.3 is 0 Å². The minimum Gasteiger partial charge on any atom is -0.497 e. The van der Waals surface area contributed by atoms with Crippen LogP contribution >= 0.6 is 11.3 Å². The van der Waals surface area contributed by atoms with Crippen molar-refractivity contribution in [1.29, 1.82) is 0 Å². The number of nitrogens with zero attached hydrogens (tertiary/aromatic N) is 2. The van der Waals surface area contributed by atoms with E-state index in [9.17, 15) is 9.59 Å². The van der Waals surface area contributed by atoms with Gasteiger partial charge in [0, 0.05) is 4.88 Å². The Balaban J connectivity index is 1.69. The number of H-pyrrole nitrogens is 1. The highest BCUT2D eigenvalue weighted by molar-refractivity contribution is 7.18. The number of aryl methyl sites for hydroxylation is 2. The second kappa shape index (κ2) is 7.49. The molecular weight excluding hydrogens is 352 g/mol. The van der Waals surface area contributed by atoms with Crippen molar-refractivity contribution in [2.75, 3.05) is 7.11 Å². The van der Waals surface area contributed by atoms with Gasteiger partial charge in [0.25, 0.3) is 5.56 Å². The second-order valence-electron chi connectivity index (χ2n) is 5.72. The van der Waals surface area contributed by atoms with Crippen LogP contribution in [0.15, 0.2) is 34.2 Å². The molecule has 134 valence electrons. The molecule has 7 nitrogen and oxygen atoms in total. The van der Waals surface area contributed by atoms with Crippen molar-refractivity contribution < 1.29 is 9.53 Å². The standard InChI is InChI=1S/C18H18N4O3S/c1-10-11(2)26-18-16(10)17(24)20-14(21-18)8-15(23)22-19-9-12-5-4-6-13(7-12)25-3/h4-7,9H,8H2,1-3H3,(H,22,23)(H,20,21,24)/b19-9-. The molecule has 3 rings (SSSR count). The summed E-state index contributed by atoms with van der Waals surface area (Å²) >= 11 is 1.45. The van der Waals surface area contributed by atoms with Crippen molar-refractivity contribution in [3.8, 4) is 5.75 Å². The van der Waals surface area contributed by atoms with Crippen molar-refractivity contribution in [3.05, 3.63) is 56.4 Å². The van der Waals surface area contributed by atoms with Gasteiger partial charge in [0.1, 0.15) is 16.4 Å². The quantitative estimate of drug-likeness (QED) is 0.532. The summed E-state index contributed by atoms with van der Waals surface area (Å²) in [4.78, 5) is 33.0. The lowest BCUT2D eigenvalue weighted by atomic mass is 10.2. The minimum atomic E-state index is -0.364. The van der Waals surface area contributed by atoms with Gasteiger partial charge in [-0.1, -0.05) is 12.1 Å². The van der Waals surface area contributed by atoms with E-state index in [0.29, 0.717) is 21.8 Å². The monoisotopic (exact) mass is 370 g/mol. The summed E-state index contributed by atoms with van der Waals surface area (Å²) in [6.07, 6.45) is 1.46. The van der Waals surface area contributed by atoms with Gasteiger partial charge in [-0.3, -0.25) is 9.59 Å². The van der Waals surface area contributed by atoms with Crippen LogP contribution in [0.3, 0.4) is 0 Å². The summed E-state index contributed by atoms with van der Waals surface area (Å²) in [6, 6.07) is 7.29. The first kappa shape index (κ1) is 17.8. The van der Waals surface area contributed by atoms with Gasteiger partial charge in [-0.15, -0.1) is 11.3 Å². The molecule has 0 saturated carbocycles.